The molecular weight excluding hydrogens is 266 g/mol. The molecule has 0 aromatic carbocycles. The van der Waals surface area contributed by atoms with Gasteiger partial charge in [0, 0.05) is 49.3 Å². The fraction of sp³-hybridized carbons (Fsp3) is 0.467. The molecule has 6 heteroatoms. The summed E-state index contributed by atoms with van der Waals surface area (Å²) >= 11 is 0. The van der Waals surface area contributed by atoms with Crippen molar-refractivity contribution >= 4 is 5.69 Å². The van der Waals surface area contributed by atoms with Crippen LogP contribution in [-0.2, 0) is 4.74 Å². The molecule has 0 aliphatic carbocycles. The first kappa shape index (κ1) is 14.0. The summed E-state index contributed by atoms with van der Waals surface area (Å²) in [7, 11) is 0. The van der Waals surface area contributed by atoms with Gasteiger partial charge in [-0.25, -0.2) is 4.98 Å². The highest BCUT2D eigenvalue weighted by Crippen LogP contribution is 2.26. The molecule has 3 rings (SSSR count). The fourth-order valence-corrected chi connectivity index (χ4v) is 2.73. The van der Waals surface area contributed by atoms with Crippen molar-refractivity contribution in [1.29, 1.82) is 0 Å². The van der Waals surface area contributed by atoms with E-state index in [9.17, 15) is 0 Å². The van der Waals surface area contributed by atoms with E-state index in [1.807, 2.05) is 18.6 Å². The van der Waals surface area contributed by atoms with Crippen LogP contribution in [0.2, 0.25) is 0 Å². The monoisotopic (exact) mass is 287 g/mol. The average Bonchev–Trinajstić information content (AvgIpc) is 2.98. The molecule has 0 amide bonds. The predicted octanol–water partition coefficient (Wildman–Crippen LogP) is 1.42. The topological polar surface area (TPSA) is 69.2 Å². The van der Waals surface area contributed by atoms with Gasteiger partial charge in [-0.3, -0.25) is 9.88 Å². The molecule has 2 aromatic heterocycles. The second-order valence-corrected chi connectivity index (χ2v) is 5.41. The average molecular weight is 287 g/mol. The van der Waals surface area contributed by atoms with Crippen molar-refractivity contribution in [2.24, 2.45) is 0 Å². The summed E-state index contributed by atoms with van der Waals surface area (Å²) in [6, 6.07) is 2.14. The van der Waals surface area contributed by atoms with Gasteiger partial charge in [0.15, 0.2) is 0 Å². The quantitative estimate of drug-likeness (QED) is 0.921. The number of hydrogen-bond donors (Lipinski definition) is 1. The predicted molar refractivity (Wildman–Crippen MR) is 81.8 cm³/mol. The lowest BCUT2D eigenvalue weighted by molar-refractivity contribution is 0.0326. The molecule has 21 heavy (non-hydrogen) atoms. The highest BCUT2D eigenvalue weighted by atomic mass is 16.5. The second-order valence-electron chi connectivity index (χ2n) is 5.41. The maximum Gasteiger partial charge on any atom is 0.0953 e. The maximum atomic E-state index is 6.06. The van der Waals surface area contributed by atoms with Crippen molar-refractivity contribution in [1.82, 2.24) is 19.4 Å². The van der Waals surface area contributed by atoms with E-state index in [1.165, 1.54) is 0 Å². The Balaban J connectivity index is 1.80. The standard InChI is InChI=1S/C15H21N5O/c1-12(10-19-4-6-21-7-5-19)20-11-18-9-15(20)13-8-17-3-2-14(13)16/h2-3,8-9,11-12H,4-7,10H2,1H3,(H2,16,17). The van der Waals surface area contributed by atoms with E-state index in [0.717, 1.165) is 49.8 Å². The number of nitrogens with zero attached hydrogens (tertiary/aromatic N) is 4. The number of ether oxygens (including phenoxy) is 1. The van der Waals surface area contributed by atoms with Crippen LogP contribution in [0.5, 0.6) is 0 Å². The van der Waals surface area contributed by atoms with Gasteiger partial charge in [-0.2, -0.15) is 0 Å². The molecule has 0 spiro atoms. The van der Waals surface area contributed by atoms with Crippen LogP contribution in [0.25, 0.3) is 11.3 Å². The number of pyridine rings is 1. The van der Waals surface area contributed by atoms with Crippen LogP contribution in [-0.4, -0.2) is 52.3 Å². The van der Waals surface area contributed by atoms with E-state index in [4.69, 9.17) is 10.5 Å². The number of nitrogen functional groups attached to an aromatic ring is 1. The van der Waals surface area contributed by atoms with E-state index in [0.29, 0.717) is 6.04 Å². The molecule has 6 nitrogen and oxygen atoms in total. The van der Waals surface area contributed by atoms with E-state index < -0.39 is 0 Å². The van der Waals surface area contributed by atoms with E-state index in [-0.39, 0.29) is 0 Å². The Morgan fingerprint density at radius 3 is 2.86 bits per heavy atom. The summed E-state index contributed by atoms with van der Waals surface area (Å²) in [4.78, 5) is 10.9. The van der Waals surface area contributed by atoms with Crippen LogP contribution < -0.4 is 5.73 Å². The summed E-state index contributed by atoms with van der Waals surface area (Å²) in [5.41, 5.74) is 8.73. The number of nitrogens with two attached hydrogens (primary N) is 1. The van der Waals surface area contributed by atoms with Crippen LogP contribution in [0.1, 0.15) is 13.0 Å². The van der Waals surface area contributed by atoms with Crippen molar-refractivity contribution in [3.05, 3.63) is 31.0 Å². The van der Waals surface area contributed by atoms with Crippen LogP contribution >= 0.6 is 0 Å². The first-order valence-electron chi connectivity index (χ1n) is 7.27. The number of rotatable bonds is 4. The molecule has 1 aliphatic heterocycles. The van der Waals surface area contributed by atoms with Crippen molar-refractivity contribution in [3.63, 3.8) is 0 Å². The lowest BCUT2D eigenvalue weighted by atomic mass is 10.1. The van der Waals surface area contributed by atoms with Crippen LogP contribution in [0.3, 0.4) is 0 Å². The molecule has 1 aliphatic rings. The largest absolute Gasteiger partial charge is 0.398 e. The SMILES string of the molecule is CC(CN1CCOCC1)n1cncc1-c1cnccc1N. The highest BCUT2D eigenvalue weighted by Gasteiger charge is 2.17. The Morgan fingerprint density at radius 1 is 1.29 bits per heavy atom. The molecule has 2 aromatic rings. The molecule has 1 atom stereocenters. The Hall–Kier alpha value is -1.92. The molecular formula is C15H21N5O. The summed E-state index contributed by atoms with van der Waals surface area (Å²) in [6.45, 7) is 6.80. The molecule has 1 fully saturated rings. The number of morpholine rings is 1. The summed E-state index contributed by atoms with van der Waals surface area (Å²) in [6.07, 6.45) is 7.22. The van der Waals surface area contributed by atoms with Crippen LogP contribution in [0.15, 0.2) is 31.0 Å². The molecule has 1 saturated heterocycles. The zero-order valence-corrected chi connectivity index (χ0v) is 12.3. The molecule has 1 unspecified atom stereocenters. The van der Waals surface area contributed by atoms with E-state index >= 15 is 0 Å². The lowest BCUT2D eigenvalue weighted by Gasteiger charge is -2.30. The number of imidazole rings is 1. The summed E-state index contributed by atoms with van der Waals surface area (Å²) in [5.74, 6) is 0. The maximum absolute atomic E-state index is 6.06. The van der Waals surface area contributed by atoms with Crippen molar-refractivity contribution in [2.75, 3.05) is 38.6 Å². The van der Waals surface area contributed by atoms with Gasteiger partial charge in [0.25, 0.3) is 0 Å². The minimum Gasteiger partial charge on any atom is -0.398 e. The minimum atomic E-state index is 0.320. The number of hydrogen-bond acceptors (Lipinski definition) is 5. The van der Waals surface area contributed by atoms with Crippen molar-refractivity contribution < 1.29 is 4.74 Å². The van der Waals surface area contributed by atoms with Gasteiger partial charge in [-0.1, -0.05) is 0 Å². The first-order chi connectivity index (χ1) is 10.3. The minimum absolute atomic E-state index is 0.320. The molecule has 0 bridgehead atoms. The Labute approximate surface area is 124 Å². The normalized spacial score (nSPS) is 17.8. The Kier molecular flexibility index (Phi) is 4.17. The molecule has 112 valence electrons. The van der Waals surface area contributed by atoms with Gasteiger partial charge in [0.05, 0.1) is 31.4 Å². The zero-order chi connectivity index (χ0) is 14.7. The third-order valence-electron chi connectivity index (χ3n) is 3.90. The summed E-state index contributed by atoms with van der Waals surface area (Å²) in [5, 5.41) is 0. The first-order valence-corrected chi connectivity index (χ1v) is 7.27. The number of anilines is 1. The van der Waals surface area contributed by atoms with Crippen LogP contribution in [0.4, 0.5) is 5.69 Å². The lowest BCUT2D eigenvalue weighted by Crippen LogP contribution is -2.39. The summed E-state index contributed by atoms with van der Waals surface area (Å²) < 4.78 is 7.56. The van der Waals surface area contributed by atoms with Gasteiger partial charge in [-0.05, 0) is 13.0 Å². The molecule has 0 saturated carbocycles. The Morgan fingerprint density at radius 2 is 2.10 bits per heavy atom. The van der Waals surface area contributed by atoms with Crippen LogP contribution in [0, 0.1) is 0 Å². The van der Waals surface area contributed by atoms with Gasteiger partial charge in [0.1, 0.15) is 0 Å². The second kappa shape index (κ2) is 6.24. The van der Waals surface area contributed by atoms with E-state index in [2.05, 4.69) is 26.4 Å². The van der Waals surface area contributed by atoms with Crippen molar-refractivity contribution in [2.45, 2.75) is 13.0 Å². The van der Waals surface area contributed by atoms with E-state index in [1.54, 1.807) is 12.4 Å². The third kappa shape index (κ3) is 3.06. The molecule has 3 heterocycles. The van der Waals surface area contributed by atoms with Crippen molar-refractivity contribution in [3.8, 4) is 11.3 Å². The molecule has 2 N–H and O–H groups in total. The fourth-order valence-electron chi connectivity index (χ4n) is 2.73. The van der Waals surface area contributed by atoms with Gasteiger partial charge in [0.2, 0.25) is 0 Å². The van der Waals surface area contributed by atoms with Gasteiger partial charge >= 0.3 is 0 Å². The third-order valence-corrected chi connectivity index (χ3v) is 3.90. The molecule has 0 radical (unpaired) electrons. The Bertz CT molecular complexity index is 591. The number of aromatic nitrogens is 3. The smallest absolute Gasteiger partial charge is 0.0953 e. The zero-order valence-electron chi connectivity index (χ0n) is 12.3. The van der Waals surface area contributed by atoms with Gasteiger partial charge < -0.3 is 15.0 Å². The highest BCUT2D eigenvalue weighted by molar-refractivity contribution is 5.72. The van der Waals surface area contributed by atoms with Gasteiger partial charge in [-0.15, -0.1) is 0 Å².